The maximum atomic E-state index is 10.5. The summed E-state index contributed by atoms with van der Waals surface area (Å²) in [4.78, 5) is 14.2. The fourth-order valence-corrected chi connectivity index (χ4v) is 1.11. The first-order valence-electron chi connectivity index (χ1n) is 4.32. The number of pyridine rings is 1. The summed E-state index contributed by atoms with van der Waals surface area (Å²) in [6.45, 7) is 1.67. The number of carboxylic acid groups (broad SMARTS) is 1. The predicted molar refractivity (Wildman–Crippen MR) is 48.5 cm³/mol. The zero-order valence-electron chi connectivity index (χ0n) is 7.43. The average molecular weight is 194 g/mol. The van der Waals surface area contributed by atoms with E-state index in [0.717, 1.165) is 13.1 Å². The second kappa shape index (κ2) is 3.63. The van der Waals surface area contributed by atoms with Crippen molar-refractivity contribution >= 4 is 5.97 Å². The lowest BCUT2D eigenvalue weighted by atomic mass is 10.2. The minimum Gasteiger partial charge on any atom is -0.486 e. The van der Waals surface area contributed by atoms with E-state index in [-0.39, 0.29) is 11.8 Å². The van der Waals surface area contributed by atoms with Crippen molar-refractivity contribution in [2.45, 2.75) is 6.10 Å². The Morgan fingerprint density at radius 3 is 2.79 bits per heavy atom. The molecule has 14 heavy (non-hydrogen) atoms. The predicted octanol–water partition coefficient (Wildman–Crippen LogP) is 0.130. The summed E-state index contributed by atoms with van der Waals surface area (Å²) in [5.74, 6) is -0.414. The van der Waals surface area contributed by atoms with Crippen LogP contribution in [-0.4, -0.2) is 35.3 Å². The molecular formula is C9H10N2O3. The van der Waals surface area contributed by atoms with E-state index in [1.807, 2.05) is 0 Å². The first-order valence-corrected chi connectivity index (χ1v) is 4.32. The van der Waals surface area contributed by atoms with Gasteiger partial charge in [-0.05, 0) is 12.1 Å². The lowest BCUT2D eigenvalue weighted by Crippen LogP contribution is -2.50. The molecule has 0 radical (unpaired) electrons. The first kappa shape index (κ1) is 8.96. The molecule has 1 aromatic heterocycles. The second-order valence-electron chi connectivity index (χ2n) is 3.08. The molecule has 5 heteroatoms. The molecular weight excluding hydrogens is 184 g/mol. The lowest BCUT2D eigenvalue weighted by Gasteiger charge is -2.27. The van der Waals surface area contributed by atoms with Gasteiger partial charge in [0.25, 0.3) is 0 Å². The van der Waals surface area contributed by atoms with E-state index in [4.69, 9.17) is 9.84 Å². The highest BCUT2D eigenvalue weighted by atomic mass is 16.5. The van der Waals surface area contributed by atoms with Gasteiger partial charge in [-0.3, -0.25) is 0 Å². The van der Waals surface area contributed by atoms with E-state index in [9.17, 15) is 4.79 Å². The SMILES string of the molecule is O=C(O)c1ccc(OC2CNC2)cn1. The number of aromatic carboxylic acids is 1. The van der Waals surface area contributed by atoms with Gasteiger partial charge in [0.05, 0.1) is 6.20 Å². The Bertz CT molecular complexity index is 332. The van der Waals surface area contributed by atoms with E-state index >= 15 is 0 Å². The molecule has 0 atom stereocenters. The van der Waals surface area contributed by atoms with Crippen LogP contribution in [0.1, 0.15) is 10.5 Å². The zero-order chi connectivity index (χ0) is 9.97. The number of hydrogen-bond acceptors (Lipinski definition) is 4. The third-order valence-electron chi connectivity index (χ3n) is 2.00. The standard InChI is InChI=1S/C9H10N2O3/c12-9(13)8-2-1-6(5-11-8)14-7-3-10-4-7/h1-2,5,7,10H,3-4H2,(H,12,13). The molecule has 0 bridgehead atoms. The number of carboxylic acids is 1. The lowest BCUT2D eigenvalue weighted by molar-refractivity contribution is 0.0690. The zero-order valence-corrected chi connectivity index (χ0v) is 7.43. The molecule has 1 fully saturated rings. The molecule has 1 saturated heterocycles. The summed E-state index contributed by atoms with van der Waals surface area (Å²) < 4.78 is 5.47. The fourth-order valence-electron chi connectivity index (χ4n) is 1.11. The maximum Gasteiger partial charge on any atom is 0.354 e. The number of hydrogen-bond donors (Lipinski definition) is 2. The molecule has 2 N–H and O–H groups in total. The smallest absolute Gasteiger partial charge is 0.354 e. The number of nitrogens with one attached hydrogen (secondary N) is 1. The molecule has 5 nitrogen and oxygen atoms in total. The summed E-state index contributed by atoms with van der Waals surface area (Å²) in [5.41, 5.74) is 0.0316. The van der Waals surface area contributed by atoms with Crippen LogP contribution in [0, 0.1) is 0 Å². The Hall–Kier alpha value is -1.62. The van der Waals surface area contributed by atoms with E-state index in [1.165, 1.54) is 12.3 Å². The van der Waals surface area contributed by atoms with Gasteiger partial charge >= 0.3 is 5.97 Å². The van der Waals surface area contributed by atoms with E-state index in [2.05, 4.69) is 10.3 Å². The highest BCUT2D eigenvalue weighted by Gasteiger charge is 2.18. The third kappa shape index (κ3) is 1.82. The number of ether oxygens (including phenoxy) is 1. The highest BCUT2D eigenvalue weighted by Crippen LogP contribution is 2.12. The van der Waals surface area contributed by atoms with Gasteiger partial charge in [0, 0.05) is 13.1 Å². The van der Waals surface area contributed by atoms with Crippen LogP contribution >= 0.6 is 0 Å². The van der Waals surface area contributed by atoms with Crippen molar-refractivity contribution in [3.8, 4) is 5.75 Å². The number of aromatic nitrogens is 1. The third-order valence-corrected chi connectivity index (χ3v) is 2.00. The van der Waals surface area contributed by atoms with Crippen molar-refractivity contribution < 1.29 is 14.6 Å². The molecule has 2 heterocycles. The van der Waals surface area contributed by atoms with E-state index in [1.54, 1.807) is 6.07 Å². The van der Waals surface area contributed by atoms with E-state index < -0.39 is 5.97 Å². The molecule has 74 valence electrons. The van der Waals surface area contributed by atoms with Gasteiger partial charge < -0.3 is 15.2 Å². The number of carbonyl (C=O) groups is 1. The van der Waals surface area contributed by atoms with E-state index in [0.29, 0.717) is 5.75 Å². The van der Waals surface area contributed by atoms with Crippen LogP contribution in [0.15, 0.2) is 18.3 Å². The Balaban J connectivity index is 2.01. The second-order valence-corrected chi connectivity index (χ2v) is 3.08. The fraction of sp³-hybridized carbons (Fsp3) is 0.333. The van der Waals surface area contributed by atoms with Gasteiger partial charge in [-0.25, -0.2) is 9.78 Å². The largest absolute Gasteiger partial charge is 0.486 e. The van der Waals surface area contributed by atoms with Gasteiger partial charge in [-0.15, -0.1) is 0 Å². The molecule has 0 unspecified atom stereocenters. The van der Waals surface area contributed by atoms with Gasteiger partial charge in [0.1, 0.15) is 17.5 Å². The maximum absolute atomic E-state index is 10.5. The van der Waals surface area contributed by atoms with Crippen LogP contribution in [0.25, 0.3) is 0 Å². The molecule has 1 aliphatic rings. The Morgan fingerprint density at radius 1 is 1.57 bits per heavy atom. The highest BCUT2D eigenvalue weighted by molar-refractivity contribution is 5.85. The van der Waals surface area contributed by atoms with Crippen molar-refractivity contribution in [2.75, 3.05) is 13.1 Å². The van der Waals surface area contributed by atoms with Crippen LogP contribution in [0.4, 0.5) is 0 Å². The van der Waals surface area contributed by atoms with Crippen molar-refractivity contribution in [3.05, 3.63) is 24.0 Å². The minimum absolute atomic E-state index is 0.0316. The summed E-state index contributed by atoms with van der Waals surface area (Å²) in [6.07, 6.45) is 1.62. The quantitative estimate of drug-likeness (QED) is 0.715. The van der Waals surface area contributed by atoms with Crippen LogP contribution in [0.3, 0.4) is 0 Å². The molecule has 0 aliphatic carbocycles. The Kier molecular flexibility index (Phi) is 2.32. The average Bonchev–Trinajstić information content (AvgIpc) is 2.12. The van der Waals surface area contributed by atoms with Crippen molar-refractivity contribution in [3.63, 3.8) is 0 Å². The molecule has 1 aliphatic heterocycles. The number of rotatable bonds is 3. The summed E-state index contributed by atoms with van der Waals surface area (Å²) in [6, 6.07) is 3.05. The molecule has 0 saturated carbocycles. The normalized spacial score (nSPS) is 16.0. The van der Waals surface area contributed by atoms with Crippen molar-refractivity contribution in [1.29, 1.82) is 0 Å². The van der Waals surface area contributed by atoms with Gasteiger partial charge in [0.15, 0.2) is 0 Å². The molecule has 0 spiro atoms. The summed E-state index contributed by atoms with van der Waals surface area (Å²) >= 11 is 0. The summed E-state index contributed by atoms with van der Waals surface area (Å²) in [5, 5.41) is 11.7. The Morgan fingerprint density at radius 2 is 2.36 bits per heavy atom. The topological polar surface area (TPSA) is 71.5 Å². The van der Waals surface area contributed by atoms with Crippen LogP contribution in [0.5, 0.6) is 5.75 Å². The Labute approximate surface area is 80.7 Å². The monoisotopic (exact) mass is 194 g/mol. The van der Waals surface area contributed by atoms with Crippen LogP contribution < -0.4 is 10.1 Å². The minimum atomic E-state index is -1.03. The van der Waals surface area contributed by atoms with Gasteiger partial charge in [0.2, 0.25) is 0 Å². The molecule has 0 aromatic carbocycles. The first-order chi connectivity index (χ1) is 6.75. The molecule has 0 amide bonds. The van der Waals surface area contributed by atoms with Gasteiger partial charge in [-0.1, -0.05) is 0 Å². The molecule has 1 aromatic rings. The summed E-state index contributed by atoms with van der Waals surface area (Å²) in [7, 11) is 0. The van der Waals surface area contributed by atoms with Crippen molar-refractivity contribution in [2.24, 2.45) is 0 Å². The van der Waals surface area contributed by atoms with Crippen molar-refractivity contribution in [1.82, 2.24) is 10.3 Å². The van der Waals surface area contributed by atoms with Crippen LogP contribution in [0.2, 0.25) is 0 Å². The van der Waals surface area contributed by atoms with Crippen LogP contribution in [-0.2, 0) is 0 Å². The molecule has 2 rings (SSSR count). The van der Waals surface area contributed by atoms with Gasteiger partial charge in [-0.2, -0.15) is 0 Å². The number of nitrogens with zero attached hydrogens (tertiary/aromatic N) is 1.